The minimum atomic E-state index is -0.817. The standard InChI is InChI=1S/C18H23N5O4S/c1-10-4-5-12(8-11(10)2)23(9-13(24)21-6-7-27-3)18(26)16-14(19)15(17(20)25)22-28-16/h4-5,8H,6-7,9,19H2,1-3H3,(H2,20,25)(H,21,24). The Labute approximate surface area is 166 Å². The number of amides is 3. The van der Waals surface area contributed by atoms with Gasteiger partial charge in [0.2, 0.25) is 5.91 Å². The second kappa shape index (κ2) is 9.29. The largest absolute Gasteiger partial charge is 0.395 e. The van der Waals surface area contributed by atoms with Crippen molar-refractivity contribution in [3.63, 3.8) is 0 Å². The van der Waals surface area contributed by atoms with Crippen LogP contribution in [0.1, 0.15) is 31.3 Å². The molecule has 0 atom stereocenters. The monoisotopic (exact) mass is 405 g/mol. The molecular weight excluding hydrogens is 382 g/mol. The molecule has 9 nitrogen and oxygen atoms in total. The minimum Gasteiger partial charge on any atom is -0.395 e. The van der Waals surface area contributed by atoms with Gasteiger partial charge in [0.1, 0.15) is 11.4 Å². The number of methoxy groups -OCH3 is 1. The lowest BCUT2D eigenvalue weighted by Crippen LogP contribution is -2.41. The molecule has 150 valence electrons. The Morgan fingerprint density at radius 1 is 1.25 bits per heavy atom. The molecule has 2 rings (SSSR count). The number of nitrogens with zero attached hydrogens (tertiary/aromatic N) is 2. The van der Waals surface area contributed by atoms with Crippen LogP contribution in [0.2, 0.25) is 0 Å². The van der Waals surface area contributed by atoms with Crippen molar-refractivity contribution in [3.8, 4) is 0 Å². The van der Waals surface area contributed by atoms with Crippen molar-refractivity contribution >= 4 is 40.6 Å². The number of aryl methyl sites for hydroxylation is 2. The summed E-state index contributed by atoms with van der Waals surface area (Å²) < 4.78 is 8.77. The second-order valence-electron chi connectivity index (χ2n) is 6.14. The van der Waals surface area contributed by atoms with Crippen LogP contribution in [0.5, 0.6) is 0 Å². The van der Waals surface area contributed by atoms with Crippen molar-refractivity contribution < 1.29 is 19.1 Å². The van der Waals surface area contributed by atoms with Gasteiger partial charge in [0, 0.05) is 19.3 Å². The van der Waals surface area contributed by atoms with E-state index < -0.39 is 11.8 Å². The highest BCUT2D eigenvalue weighted by atomic mass is 32.1. The van der Waals surface area contributed by atoms with Crippen LogP contribution in [-0.4, -0.2) is 48.9 Å². The Kier molecular flexibility index (Phi) is 7.07. The number of aromatic nitrogens is 1. The predicted octanol–water partition coefficient (Wildman–Crippen LogP) is 0.850. The highest BCUT2D eigenvalue weighted by Crippen LogP contribution is 2.27. The number of hydrogen-bond acceptors (Lipinski definition) is 7. The molecule has 0 spiro atoms. The number of carbonyl (C=O) groups excluding carboxylic acids is 3. The molecule has 0 fully saturated rings. The maximum Gasteiger partial charge on any atom is 0.272 e. The SMILES string of the molecule is COCCNC(=O)CN(C(=O)c1snc(C(N)=O)c1N)c1ccc(C)c(C)c1. The fourth-order valence-electron chi connectivity index (χ4n) is 2.42. The summed E-state index contributed by atoms with van der Waals surface area (Å²) in [7, 11) is 1.53. The molecule has 5 N–H and O–H groups in total. The molecule has 1 heterocycles. The van der Waals surface area contributed by atoms with Crippen LogP contribution < -0.4 is 21.7 Å². The van der Waals surface area contributed by atoms with Crippen molar-refractivity contribution in [1.29, 1.82) is 0 Å². The summed E-state index contributed by atoms with van der Waals surface area (Å²) in [6, 6.07) is 5.41. The molecular formula is C18H23N5O4S. The summed E-state index contributed by atoms with van der Waals surface area (Å²) in [5.41, 5.74) is 13.4. The van der Waals surface area contributed by atoms with Gasteiger partial charge < -0.3 is 21.5 Å². The van der Waals surface area contributed by atoms with Gasteiger partial charge in [0.25, 0.3) is 11.8 Å². The normalized spacial score (nSPS) is 10.5. The summed E-state index contributed by atoms with van der Waals surface area (Å²) in [5, 5.41) is 2.68. The first kappa shape index (κ1) is 21.3. The van der Waals surface area contributed by atoms with E-state index in [1.165, 1.54) is 12.0 Å². The summed E-state index contributed by atoms with van der Waals surface area (Å²) >= 11 is 0.773. The number of rotatable bonds is 8. The van der Waals surface area contributed by atoms with Crippen molar-refractivity contribution in [2.24, 2.45) is 5.73 Å². The number of primary amides is 1. The van der Waals surface area contributed by atoms with Gasteiger partial charge in [-0.2, -0.15) is 4.37 Å². The number of nitrogens with one attached hydrogen (secondary N) is 1. The van der Waals surface area contributed by atoms with Gasteiger partial charge in [-0.3, -0.25) is 19.3 Å². The Morgan fingerprint density at radius 3 is 2.54 bits per heavy atom. The Morgan fingerprint density at radius 2 is 1.96 bits per heavy atom. The van der Waals surface area contributed by atoms with Gasteiger partial charge in [-0.15, -0.1) is 0 Å². The maximum absolute atomic E-state index is 13.1. The van der Waals surface area contributed by atoms with E-state index in [4.69, 9.17) is 16.2 Å². The van der Waals surface area contributed by atoms with Crippen molar-refractivity contribution in [2.45, 2.75) is 13.8 Å². The molecule has 2 aromatic rings. The maximum atomic E-state index is 13.1. The lowest BCUT2D eigenvalue weighted by molar-refractivity contribution is -0.119. The lowest BCUT2D eigenvalue weighted by atomic mass is 10.1. The molecule has 0 aliphatic carbocycles. The number of nitrogen functional groups attached to an aromatic ring is 1. The first-order valence-electron chi connectivity index (χ1n) is 8.46. The van der Waals surface area contributed by atoms with Crippen LogP contribution in [0.15, 0.2) is 18.2 Å². The van der Waals surface area contributed by atoms with E-state index in [1.54, 1.807) is 6.07 Å². The number of ether oxygens (including phenoxy) is 1. The van der Waals surface area contributed by atoms with E-state index in [0.717, 1.165) is 22.7 Å². The van der Waals surface area contributed by atoms with Crippen LogP contribution in [-0.2, 0) is 9.53 Å². The van der Waals surface area contributed by atoms with Crippen LogP contribution >= 0.6 is 11.5 Å². The third-order valence-corrected chi connectivity index (χ3v) is 4.98. The molecule has 0 bridgehead atoms. The summed E-state index contributed by atoms with van der Waals surface area (Å²) in [6.45, 7) is 4.30. The topological polar surface area (TPSA) is 141 Å². The van der Waals surface area contributed by atoms with Crippen molar-refractivity contribution in [2.75, 3.05) is 37.4 Å². The van der Waals surface area contributed by atoms with Crippen LogP contribution in [0.4, 0.5) is 11.4 Å². The van der Waals surface area contributed by atoms with E-state index in [-0.39, 0.29) is 28.7 Å². The predicted molar refractivity (Wildman–Crippen MR) is 108 cm³/mol. The number of hydrogen-bond donors (Lipinski definition) is 3. The number of anilines is 2. The zero-order chi connectivity index (χ0) is 20.8. The van der Waals surface area contributed by atoms with E-state index in [1.807, 2.05) is 26.0 Å². The molecule has 3 amide bonds. The van der Waals surface area contributed by atoms with Crippen LogP contribution in [0, 0.1) is 13.8 Å². The molecule has 0 radical (unpaired) electrons. The molecule has 10 heteroatoms. The molecule has 0 saturated carbocycles. The van der Waals surface area contributed by atoms with Gasteiger partial charge in [0.05, 0.1) is 12.3 Å². The number of nitrogens with two attached hydrogens (primary N) is 2. The molecule has 0 aliphatic rings. The zero-order valence-corrected chi connectivity index (χ0v) is 16.8. The zero-order valence-electron chi connectivity index (χ0n) is 15.9. The molecule has 0 saturated heterocycles. The minimum absolute atomic E-state index is 0.0525. The average Bonchev–Trinajstić information content (AvgIpc) is 3.03. The van der Waals surface area contributed by atoms with E-state index in [2.05, 4.69) is 9.69 Å². The molecule has 1 aromatic heterocycles. The van der Waals surface area contributed by atoms with E-state index in [9.17, 15) is 14.4 Å². The third kappa shape index (κ3) is 4.84. The Balaban J connectivity index is 2.36. The summed E-state index contributed by atoms with van der Waals surface area (Å²) in [4.78, 5) is 38.2. The quantitative estimate of drug-likeness (QED) is 0.556. The molecule has 28 heavy (non-hydrogen) atoms. The number of benzene rings is 1. The lowest BCUT2D eigenvalue weighted by Gasteiger charge is -2.23. The first-order valence-corrected chi connectivity index (χ1v) is 9.23. The van der Waals surface area contributed by atoms with Gasteiger partial charge in [0.15, 0.2) is 5.69 Å². The van der Waals surface area contributed by atoms with Gasteiger partial charge in [-0.1, -0.05) is 6.07 Å². The molecule has 0 aliphatic heterocycles. The smallest absolute Gasteiger partial charge is 0.272 e. The molecule has 0 unspecified atom stereocenters. The van der Waals surface area contributed by atoms with E-state index >= 15 is 0 Å². The third-order valence-electron chi connectivity index (χ3n) is 4.13. The van der Waals surface area contributed by atoms with Gasteiger partial charge >= 0.3 is 0 Å². The summed E-state index contributed by atoms with van der Waals surface area (Å²) in [5.74, 6) is -1.71. The Bertz CT molecular complexity index is 896. The number of carbonyl (C=O) groups is 3. The van der Waals surface area contributed by atoms with Crippen LogP contribution in [0.3, 0.4) is 0 Å². The fraction of sp³-hybridized carbons (Fsp3) is 0.333. The Hall–Kier alpha value is -2.98. The van der Waals surface area contributed by atoms with E-state index in [0.29, 0.717) is 18.8 Å². The fourth-order valence-corrected chi connectivity index (χ4v) is 3.17. The van der Waals surface area contributed by atoms with Gasteiger partial charge in [-0.25, -0.2) is 0 Å². The van der Waals surface area contributed by atoms with Crippen molar-refractivity contribution in [1.82, 2.24) is 9.69 Å². The van der Waals surface area contributed by atoms with Gasteiger partial charge in [-0.05, 0) is 48.6 Å². The highest BCUT2D eigenvalue weighted by molar-refractivity contribution is 7.09. The second-order valence-corrected chi connectivity index (χ2v) is 6.91. The van der Waals surface area contributed by atoms with Crippen LogP contribution in [0.25, 0.3) is 0 Å². The average molecular weight is 405 g/mol. The van der Waals surface area contributed by atoms with Crippen molar-refractivity contribution in [3.05, 3.63) is 39.9 Å². The first-order chi connectivity index (χ1) is 13.3. The summed E-state index contributed by atoms with van der Waals surface area (Å²) in [6.07, 6.45) is 0. The highest BCUT2D eigenvalue weighted by Gasteiger charge is 2.27. The molecule has 1 aromatic carbocycles.